The van der Waals surface area contributed by atoms with Crippen LogP contribution in [0.25, 0.3) is 0 Å². The summed E-state index contributed by atoms with van der Waals surface area (Å²) in [5.74, 6) is 0.0673. The van der Waals surface area contributed by atoms with Crippen molar-refractivity contribution >= 4 is 11.6 Å². The van der Waals surface area contributed by atoms with Gasteiger partial charge in [0.25, 0.3) is 0 Å². The molecule has 138 valence electrons. The molecule has 0 unspecified atom stereocenters. The fraction of sp³-hybridized carbons (Fsp3) is 0.409. The molecule has 4 nitrogen and oxygen atoms in total. The molecule has 0 spiro atoms. The first-order valence-electron chi connectivity index (χ1n) is 9.56. The smallest absolute Gasteiger partial charge is 0.225 e. The fourth-order valence-corrected chi connectivity index (χ4v) is 3.57. The number of hydrogen-bond acceptors (Lipinski definition) is 3. The topological polar surface area (TPSA) is 44.4 Å². The number of rotatable bonds is 7. The Morgan fingerprint density at radius 3 is 2.31 bits per heavy atom. The Bertz CT molecular complexity index is 666. The normalized spacial score (nSPS) is 17.0. The summed E-state index contributed by atoms with van der Waals surface area (Å²) >= 11 is 0. The van der Waals surface area contributed by atoms with Crippen molar-refractivity contribution in [2.24, 2.45) is 0 Å². The highest BCUT2D eigenvalue weighted by atomic mass is 16.1. The molecular formula is C22H29N3O. The van der Waals surface area contributed by atoms with Crippen molar-refractivity contribution in [3.05, 3.63) is 66.2 Å². The van der Waals surface area contributed by atoms with Crippen molar-refractivity contribution in [2.75, 3.05) is 18.4 Å². The van der Waals surface area contributed by atoms with Crippen LogP contribution in [-0.4, -0.2) is 36.0 Å². The number of carbonyl (C=O) groups excluding carboxylic acids is 1. The standard InChI is InChI=1S/C22H29N3O/c1-18(16-22(26)24-20-10-6-3-7-11-20)23-21-12-14-25(15-13-21)17-19-8-4-2-5-9-19/h2-11,18,21,23H,12-17H2,1H3,(H,24,26)/t18-/m0/s1. The summed E-state index contributed by atoms with van der Waals surface area (Å²) in [7, 11) is 0. The molecule has 1 aliphatic heterocycles. The van der Waals surface area contributed by atoms with Crippen LogP contribution in [0, 0.1) is 0 Å². The van der Waals surface area contributed by atoms with E-state index in [1.165, 1.54) is 5.56 Å². The summed E-state index contributed by atoms with van der Waals surface area (Å²) in [5.41, 5.74) is 2.24. The maximum Gasteiger partial charge on any atom is 0.225 e. The van der Waals surface area contributed by atoms with E-state index in [2.05, 4.69) is 52.8 Å². The highest BCUT2D eigenvalue weighted by Crippen LogP contribution is 2.15. The van der Waals surface area contributed by atoms with E-state index in [4.69, 9.17) is 0 Å². The van der Waals surface area contributed by atoms with Crippen molar-refractivity contribution in [1.29, 1.82) is 0 Å². The molecule has 0 aromatic heterocycles. The van der Waals surface area contributed by atoms with Gasteiger partial charge >= 0.3 is 0 Å². The number of carbonyl (C=O) groups is 1. The van der Waals surface area contributed by atoms with Crippen LogP contribution in [0.15, 0.2) is 60.7 Å². The van der Waals surface area contributed by atoms with Crippen LogP contribution in [0.2, 0.25) is 0 Å². The van der Waals surface area contributed by atoms with E-state index in [0.717, 1.165) is 38.2 Å². The van der Waals surface area contributed by atoms with E-state index < -0.39 is 0 Å². The number of para-hydroxylation sites is 1. The molecule has 2 aromatic rings. The van der Waals surface area contributed by atoms with E-state index in [9.17, 15) is 4.79 Å². The minimum atomic E-state index is 0.0673. The monoisotopic (exact) mass is 351 g/mol. The predicted molar refractivity (Wildman–Crippen MR) is 107 cm³/mol. The van der Waals surface area contributed by atoms with E-state index >= 15 is 0 Å². The Morgan fingerprint density at radius 1 is 1.04 bits per heavy atom. The first kappa shape index (κ1) is 18.6. The van der Waals surface area contributed by atoms with E-state index in [0.29, 0.717) is 12.5 Å². The van der Waals surface area contributed by atoms with Crippen molar-refractivity contribution in [1.82, 2.24) is 10.2 Å². The molecule has 1 aliphatic rings. The van der Waals surface area contributed by atoms with Gasteiger partial charge in [0.2, 0.25) is 5.91 Å². The lowest BCUT2D eigenvalue weighted by molar-refractivity contribution is -0.116. The lowest BCUT2D eigenvalue weighted by Gasteiger charge is -2.34. The molecule has 0 bridgehead atoms. The number of benzene rings is 2. The Balaban J connectivity index is 1.36. The largest absolute Gasteiger partial charge is 0.326 e. The van der Waals surface area contributed by atoms with Gasteiger partial charge in [-0.1, -0.05) is 48.5 Å². The number of nitrogens with one attached hydrogen (secondary N) is 2. The van der Waals surface area contributed by atoms with Crippen LogP contribution >= 0.6 is 0 Å². The SMILES string of the molecule is C[C@@H](CC(=O)Nc1ccccc1)NC1CCN(Cc2ccccc2)CC1. The Morgan fingerprint density at radius 2 is 1.65 bits per heavy atom. The zero-order valence-electron chi connectivity index (χ0n) is 15.5. The minimum Gasteiger partial charge on any atom is -0.326 e. The third-order valence-corrected chi connectivity index (χ3v) is 4.91. The lowest BCUT2D eigenvalue weighted by atomic mass is 10.0. The van der Waals surface area contributed by atoms with Crippen LogP contribution in [0.4, 0.5) is 5.69 Å². The van der Waals surface area contributed by atoms with Crippen LogP contribution < -0.4 is 10.6 Å². The third kappa shape index (κ3) is 5.97. The first-order chi connectivity index (χ1) is 12.7. The van der Waals surface area contributed by atoms with Crippen LogP contribution in [0.1, 0.15) is 31.7 Å². The Kier molecular flexibility index (Phi) is 6.81. The summed E-state index contributed by atoms with van der Waals surface area (Å²) in [4.78, 5) is 14.7. The Labute approximate surface area is 156 Å². The summed E-state index contributed by atoms with van der Waals surface area (Å²) in [6.07, 6.45) is 2.77. The summed E-state index contributed by atoms with van der Waals surface area (Å²) in [6, 6.07) is 21.0. The maximum atomic E-state index is 12.2. The zero-order chi connectivity index (χ0) is 18.2. The molecule has 2 aromatic carbocycles. The number of piperidine rings is 1. The average molecular weight is 351 g/mol. The van der Waals surface area contributed by atoms with Gasteiger partial charge in [-0.2, -0.15) is 0 Å². The molecule has 1 atom stereocenters. The number of likely N-dealkylation sites (tertiary alicyclic amines) is 1. The summed E-state index contributed by atoms with van der Waals surface area (Å²) < 4.78 is 0. The second-order valence-electron chi connectivity index (χ2n) is 7.22. The number of anilines is 1. The van der Waals surface area contributed by atoms with E-state index in [1.807, 2.05) is 30.3 Å². The number of hydrogen-bond donors (Lipinski definition) is 2. The maximum absolute atomic E-state index is 12.2. The van der Waals surface area contributed by atoms with Gasteiger partial charge in [0.15, 0.2) is 0 Å². The minimum absolute atomic E-state index is 0.0673. The highest BCUT2D eigenvalue weighted by molar-refractivity contribution is 5.90. The predicted octanol–water partition coefficient (Wildman–Crippen LogP) is 3.66. The fourth-order valence-electron chi connectivity index (χ4n) is 3.57. The van der Waals surface area contributed by atoms with Gasteiger partial charge in [0, 0.05) is 30.7 Å². The van der Waals surface area contributed by atoms with Crippen molar-refractivity contribution in [2.45, 2.75) is 44.8 Å². The molecule has 0 aliphatic carbocycles. The third-order valence-electron chi connectivity index (χ3n) is 4.91. The molecule has 2 N–H and O–H groups in total. The second kappa shape index (κ2) is 9.51. The van der Waals surface area contributed by atoms with Crippen molar-refractivity contribution < 1.29 is 4.79 Å². The van der Waals surface area contributed by atoms with Gasteiger partial charge in [0.1, 0.15) is 0 Å². The van der Waals surface area contributed by atoms with E-state index in [-0.39, 0.29) is 11.9 Å². The molecule has 0 saturated carbocycles. The van der Waals surface area contributed by atoms with Crippen LogP contribution in [-0.2, 0) is 11.3 Å². The lowest BCUT2D eigenvalue weighted by Crippen LogP contribution is -2.45. The molecule has 1 fully saturated rings. The molecule has 1 heterocycles. The van der Waals surface area contributed by atoms with Gasteiger partial charge in [0.05, 0.1) is 0 Å². The van der Waals surface area contributed by atoms with Gasteiger partial charge in [-0.25, -0.2) is 0 Å². The Hall–Kier alpha value is -2.17. The molecular weight excluding hydrogens is 322 g/mol. The number of amides is 1. The van der Waals surface area contributed by atoms with Crippen LogP contribution in [0.5, 0.6) is 0 Å². The molecule has 1 saturated heterocycles. The summed E-state index contributed by atoms with van der Waals surface area (Å²) in [5, 5.41) is 6.59. The molecule has 1 amide bonds. The van der Waals surface area contributed by atoms with Gasteiger partial charge in [-0.15, -0.1) is 0 Å². The van der Waals surface area contributed by atoms with Gasteiger partial charge in [-0.3, -0.25) is 9.69 Å². The average Bonchev–Trinajstić information content (AvgIpc) is 2.65. The molecule has 3 rings (SSSR count). The number of nitrogens with zero attached hydrogens (tertiary/aromatic N) is 1. The van der Waals surface area contributed by atoms with Crippen molar-refractivity contribution in [3.8, 4) is 0 Å². The molecule has 26 heavy (non-hydrogen) atoms. The van der Waals surface area contributed by atoms with Crippen molar-refractivity contribution in [3.63, 3.8) is 0 Å². The summed E-state index contributed by atoms with van der Waals surface area (Å²) in [6.45, 7) is 5.34. The highest BCUT2D eigenvalue weighted by Gasteiger charge is 2.21. The quantitative estimate of drug-likeness (QED) is 0.800. The zero-order valence-corrected chi connectivity index (χ0v) is 15.5. The van der Waals surface area contributed by atoms with Gasteiger partial charge in [-0.05, 0) is 50.6 Å². The van der Waals surface area contributed by atoms with Crippen LogP contribution in [0.3, 0.4) is 0 Å². The molecule has 4 heteroatoms. The van der Waals surface area contributed by atoms with Gasteiger partial charge < -0.3 is 10.6 Å². The van der Waals surface area contributed by atoms with E-state index in [1.54, 1.807) is 0 Å². The molecule has 0 radical (unpaired) electrons. The second-order valence-corrected chi connectivity index (χ2v) is 7.22. The first-order valence-corrected chi connectivity index (χ1v) is 9.56.